The third-order valence-corrected chi connectivity index (χ3v) is 4.36. The third-order valence-electron chi connectivity index (χ3n) is 4.36. The zero-order valence-corrected chi connectivity index (χ0v) is 11.3. The van der Waals surface area contributed by atoms with Crippen LogP contribution in [0.4, 0.5) is 0 Å². The van der Waals surface area contributed by atoms with Crippen LogP contribution in [0.5, 0.6) is 0 Å². The van der Waals surface area contributed by atoms with Crippen LogP contribution in [0.3, 0.4) is 0 Å². The number of aliphatic carboxylic acids is 1. The molecule has 1 amide bonds. The van der Waals surface area contributed by atoms with E-state index >= 15 is 0 Å². The summed E-state index contributed by atoms with van der Waals surface area (Å²) >= 11 is 0. The zero-order valence-electron chi connectivity index (χ0n) is 11.3. The van der Waals surface area contributed by atoms with Gasteiger partial charge in [-0.15, -0.1) is 0 Å². The van der Waals surface area contributed by atoms with Gasteiger partial charge in [0.05, 0.1) is 0 Å². The Bertz CT molecular complexity index is 358. The molecule has 0 bridgehead atoms. The lowest BCUT2D eigenvalue weighted by molar-refractivity contribution is -0.154. The van der Waals surface area contributed by atoms with Crippen LogP contribution in [0.25, 0.3) is 0 Å². The monoisotopic (exact) mass is 270 g/mol. The van der Waals surface area contributed by atoms with Crippen molar-refractivity contribution in [2.45, 2.75) is 38.1 Å². The topological polar surface area (TPSA) is 87.7 Å². The molecule has 0 aliphatic carbocycles. The Kier molecular flexibility index (Phi) is 4.10. The fourth-order valence-electron chi connectivity index (χ4n) is 2.69. The minimum Gasteiger partial charge on any atom is -0.480 e. The van der Waals surface area contributed by atoms with E-state index in [4.69, 9.17) is 4.74 Å². The van der Waals surface area contributed by atoms with Crippen molar-refractivity contribution in [1.29, 1.82) is 0 Å². The molecule has 2 heterocycles. The van der Waals surface area contributed by atoms with Gasteiger partial charge in [-0.1, -0.05) is 6.92 Å². The summed E-state index contributed by atoms with van der Waals surface area (Å²) in [5.74, 6) is -1.10. The molecule has 2 saturated heterocycles. The molecule has 0 unspecified atom stereocenters. The first-order valence-corrected chi connectivity index (χ1v) is 6.83. The highest BCUT2D eigenvalue weighted by atomic mass is 16.5. The fourth-order valence-corrected chi connectivity index (χ4v) is 2.69. The molecule has 0 atom stereocenters. The average Bonchev–Trinajstić information content (AvgIpc) is 2.40. The Morgan fingerprint density at radius 3 is 2.26 bits per heavy atom. The number of carbonyl (C=O) groups excluding carboxylic acids is 1. The van der Waals surface area contributed by atoms with E-state index in [0.29, 0.717) is 26.1 Å². The lowest BCUT2D eigenvalue weighted by atomic mass is 9.78. The summed E-state index contributed by atoms with van der Waals surface area (Å²) in [6.07, 6.45) is 2.15. The maximum Gasteiger partial charge on any atom is 0.329 e. The summed E-state index contributed by atoms with van der Waals surface area (Å²) in [6.45, 7) is 4.27. The molecule has 108 valence electrons. The molecular formula is C13H22N2O4. The molecule has 6 nitrogen and oxygen atoms in total. The van der Waals surface area contributed by atoms with Crippen LogP contribution in [0.1, 0.15) is 32.6 Å². The molecule has 0 spiro atoms. The van der Waals surface area contributed by atoms with Gasteiger partial charge in [-0.2, -0.15) is 0 Å². The maximum atomic E-state index is 12.5. The van der Waals surface area contributed by atoms with Gasteiger partial charge < -0.3 is 20.5 Å². The molecule has 2 aliphatic rings. The van der Waals surface area contributed by atoms with Crippen LogP contribution in [0.2, 0.25) is 0 Å². The normalized spacial score (nSPS) is 25.5. The highest BCUT2D eigenvalue weighted by Gasteiger charge is 2.45. The van der Waals surface area contributed by atoms with Gasteiger partial charge in [0.2, 0.25) is 5.91 Å². The average molecular weight is 270 g/mol. The molecule has 19 heavy (non-hydrogen) atoms. The fraction of sp³-hybridized carbons (Fsp3) is 0.846. The van der Waals surface area contributed by atoms with Crippen LogP contribution in [-0.4, -0.2) is 48.8 Å². The zero-order chi connectivity index (χ0) is 13.9. The van der Waals surface area contributed by atoms with Crippen molar-refractivity contribution in [3.63, 3.8) is 0 Å². The standard InChI is InChI=1S/C13H22N2O4/c1-12(2-6-14-7-3-12)10(16)15-13(11(17)18)4-8-19-9-5-13/h14H,2-9H2,1H3,(H,15,16)(H,17,18). The molecule has 0 aromatic heterocycles. The van der Waals surface area contributed by atoms with Crippen molar-refractivity contribution in [3.05, 3.63) is 0 Å². The minimum atomic E-state index is -1.15. The number of amides is 1. The van der Waals surface area contributed by atoms with Crippen LogP contribution in [0.15, 0.2) is 0 Å². The Morgan fingerprint density at radius 1 is 1.16 bits per heavy atom. The first-order valence-electron chi connectivity index (χ1n) is 6.83. The third kappa shape index (κ3) is 2.90. The molecule has 0 aromatic carbocycles. The van der Waals surface area contributed by atoms with E-state index in [1.807, 2.05) is 6.92 Å². The van der Waals surface area contributed by atoms with Gasteiger partial charge in [-0.3, -0.25) is 4.79 Å². The van der Waals surface area contributed by atoms with Gasteiger partial charge in [0.1, 0.15) is 5.54 Å². The second kappa shape index (κ2) is 5.46. The maximum absolute atomic E-state index is 12.5. The van der Waals surface area contributed by atoms with Crippen LogP contribution in [0, 0.1) is 5.41 Å². The lowest BCUT2D eigenvalue weighted by Gasteiger charge is -2.39. The molecule has 6 heteroatoms. The second-order valence-corrected chi connectivity index (χ2v) is 5.76. The van der Waals surface area contributed by atoms with Gasteiger partial charge in [0.25, 0.3) is 0 Å². The summed E-state index contributed by atoms with van der Waals surface area (Å²) in [6, 6.07) is 0. The van der Waals surface area contributed by atoms with Crippen molar-refractivity contribution >= 4 is 11.9 Å². The summed E-state index contributed by atoms with van der Waals surface area (Å²) in [5, 5.41) is 15.4. The van der Waals surface area contributed by atoms with Gasteiger partial charge >= 0.3 is 5.97 Å². The Balaban J connectivity index is 2.08. The highest BCUT2D eigenvalue weighted by Crippen LogP contribution is 2.30. The second-order valence-electron chi connectivity index (χ2n) is 5.76. The van der Waals surface area contributed by atoms with E-state index in [1.165, 1.54) is 0 Å². The number of hydrogen-bond donors (Lipinski definition) is 3. The number of nitrogens with one attached hydrogen (secondary N) is 2. The van der Waals surface area contributed by atoms with Crippen molar-refractivity contribution < 1.29 is 19.4 Å². The molecule has 2 aliphatic heterocycles. The number of piperidine rings is 1. The van der Waals surface area contributed by atoms with Gasteiger partial charge in [0, 0.05) is 31.5 Å². The van der Waals surface area contributed by atoms with Crippen LogP contribution in [-0.2, 0) is 14.3 Å². The highest BCUT2D eigenvalue weighted by molar-refractivity contribution is 5.90. The Hall–Kier alpha value is -1.14. The predicted molar refractivity (Wildman–Crippen MR) is 68.8 cm³/mol. The van der Waals surface area contributed by atoms with E-state index in [1.54, 1.807) is 0 Å². The molecule has 2 rings (SSSR count). The summed E-state index contributed by atoms with van der Waals surface area (Å²) in [7, 11) is 0. The molecule has 0 aromatic rings. The van der Waals surface area contributed by atoms with E-state index in [-0.39, 0.29) is 5.91 Å². The number of ether oxygens (including phenoxy) is 1. The molecule has 0 radical (unpaired) electrons. The van der Waals surface area contributed by atoms with Gasteiger partial charge in [-0.25, -0.2) is 4.79 Å². The van der Waals surface area contributed by atoms with E-state index in [0.717, 1.165) is 25.9 Å². The SMILES string of the molecule is CC1(C(=O)NC2(C(=O)O)CCOCC2)CCNCC1. The first kappa shape index (κ1) is 14.3. The largest absolute Gasteiger partial charge is 0.480 e. The van der Waals surface area contributed by atoms with Crippen molar-refractivity contribution in [2.24, 2.45) is 5.41 Å². The number of carbonyl (C=O) groups is 2. The minimum absolute atomic E-state index is 0.140. The molecule has 3 N–H and O–H groups in total. The van der Waals surface area contributed by atoms with E-state index in [2.05, 4.69) is 10.6 Å². The Labute approximate surface area is 112 Å². The van der Waals surface area contributed by atoms with Gasteiger partial charge in [0.15, 0.2) is 0 Å². The number of carboxylic acid groups (broad SMARTS) is 1. The van der Waals surface area contributed by atoms with Crippen molar-refractivity contribution in [2.75, 3.05) is 26.3 Å². The molecule has 2 fully saturated rings. The van der Waals surface area contributed by atoms with Crippen molar-refractivity contribution in [3.8, 4) is 0 Å². The van der Waals surface area contributed by atoms with E-state index < -0.39 is 16.9 Å². The first-order chi connectivity index (χ1) is 8.99. The summed E-state index contributed by atoms with van der Waals surface area (Å²) in [4.78, 5) is 24.0. The Morgan fingerprint density at radius 2 is 1.74 bits per heavy atom. The van der Waals surface area contributed by atoms with Gasteiger partial charge in [-0.05, 0) is 25.9 Å². The molecular weight excluding hydrogens is 248 g/mol. The molecule has 0 saturated carbocycles. The van der Waals surface area contributed by atoms with Crippen LogP contribution < -0.4 is 10.6 Å². The summed E-state index contributed by atoms with van der Waals surface area (Å²) < 4.78 is 5.20. The van der Waals surface area contributed by atoms with Crippen LogP contribution >= 0.6 is 0 Å². The quantitative estimate of drug-likeness (QED) is 0.678. The number of hydrogen-bond acceptors (Lipinski definition) is 4. The smallest absolute Gasteiger partial charge is 0.329 e. The van der Waals surface area contributed by atoms with Crippen molar-refractivity contribution in [1.82, 2.24) is 10.6 Å². The predicted octanol–water partition coefficient (Wildman–Crippen LogP) is 0.126. The van der Waals surface area contributed by atoms with E-state index in [9.17, 15) is 14.7 Å². The number of carboxylic acids is 1. The number of rotatable bonds is 3. The lowest BCUT2D eigenvalue weighted by Crippen LogP contribution is -2.61. The summed E-state index contributed by atoms with van der Waals surface area (Å²) in [5.41, 5.74) is -1.62.